The van der Waals surface area contributed by atoms with Gasteiger partial charge in [-0.15, -0.1) is 6.58 Å². The molecule has 2 N–H and O–H groups in total. The summed E-state index contributed by atoms with van der Waals surface area (Å²) in [5.74, 6) is -1.05. The Bertz CT molecular complexity index is 1610. The lowest BCUT2D eigenvalue weighted by molar-refractivity contribution is -0.131. The van der Waals surface area contributed by atoms with Crippen LogP contribution in [0.2, 0.25) is 0 Å². The molecule has 4 fully saturated rings. The highest BCUT2D eigenvalue weighted by Gasteiger charge is 2.64. The minimum Gasteiger partial charge on any atom is -0.472 e. The Hall–Kier alpha value is -3.67. The van der Waals surface area contributed by atoms with Gasteiger partial charge < -0.3 is 14.8 Å². The number of carbonyl (C=O) groups excluding carboxylic acids is 3. The minimum atomic E-state index is -3.94. The molecule has 2 aromatic rings. The summed E-state index contributed by atoms with van der Waals surface area (Å²) in [4.78, 5) is 46.5. The number of rotatable bonds is 10. The van der Waals surface area contributed by atoms with E-state index in [1.165, 1.54) is 4.90 Å². The van der Waals surface area contributed by atoms with E-state index in [9.17, 15) is 22.8 Å². The van der Waals surface area contributed by atoms with Gasteiger partial charge in [0, 0.05) is 23.9 Å². The Labute approximate surface area is 257 Å². The molecule has 3 saturated carbocycles. The maximum atomic E-state index is 13.9. The van der Waals surface area contributed by atoms with Crippen LogP contribution in [0.15, 0.2) is 49.2 Å². The minimum absolute atomic E-state index is 0.0556. The molecule has 0 spiro atoms. The highest BCUT2D eigenvalue weighted by atomic mass is 32.2. The Morgan fingerprint density at radius 2 is 1.89 bits per heavy atom. The molecule has 2 heterocycles. The van der Waals surface area contributed by atoms with Crippen molar-refractivity contribution in [2.24, 2.45) is 11.8 Å². The number of nitrogens with one attached hydrogen (secondary N) is 2. The summed E-state index contributed by atoms with van der Waals surface area (Å²) in [5, 5.41) is 4.54. The van der Waals surface area contributed by atoms with Crippen molar-refractivity contribution in [3.63, 3.8) is 0 Å². The predicted octanol–water partition coefficient (Wildman–Crippen LogP) is 3.83. The molecule has 0 radical (unpaired) electrons. The van der Waals surface area contributed by atoms with E-state index in [0.29, 0.717) is 31.1 Å². The third kappa shape index (κ3) is 5.88. The summed E-state index contributed by atoms with van der Waals surface area (Å²) in [6, 6.07) is 8.46. The number of sulfonamides is 1. The number of hydrogen-bond donors (Lipinski definition) is 2. The van der Waals surface area contributed by atoms with Crippen molar-refractivity contribution >= 4 is 38.7 Å². The van der Waals surface area contributed by atoms with E-state index < -0.39 is 61.9 Å². The molecule has 1 aliphatic heterocycles. The van der Waals surface area contributed by atoms with Gasteiger partial charge in [0.2, 0.25) is 21.8 Å². The molecule has 0 bridgehead atoms. The first-order valence-electron chi connectivity index (χ1n) is 15.3. The quantitative estimate of drug-likeness (QED) is 0.380. The molecule has 1 aromatic heterocycles. The molecule has 4 atom stereocenters. The summed E-state index contributed by atoms with van der Waals surface area (Å²) in [7, 11) is -3.94. The number of hydrogen-bond acceptors (Lipinski definition) is 8. The van der Waals surface area contributed by atoms with Gasteiger partial charge in [-0.3, -0.25) is 19.2 Å². The van der Waals surface area contributed by atoms with Gasteiger partial charge in [-0.05, 0) is 69.9 Å². The topological polar surface area (TPSA) is 144 Å². The largest absolute Gasteiger partial charge is 0.472 e. The second kappa shape index (κ2) is 10.7. The van der Waals surface area contributed by atoms with Crippen LogP contribution < -0.4 is 14.8 Å². The second-order valence-corrected chi connectivity index (χ2v) is 15.8. The van der Waals surface area contributed by atoms with Crippen molar-refractivity contribution in [3.8, 4) is 5.88 Å². The molecule has 12 heteroatoms. The molecule has 6 rings (SSSR count). The number of benzene rings is 1. The van der Waals surface area contributed by atoms with E-state index in [4.69, 9.17) is 9.47 Å². The summed E-state index contributed by atoms with van der Waals surface area (Å²) in [6.07, 6.45) is 5.86. The fraction of sp³-hybridized carbons (Fsp3) is 0.562. The number of nitrogens with zero attached hydrogens (tertiary/aromatic N) is 2. The Morgan fingerprint density at radius 3 is 2.52 bits per heavy atom. The third-order valence-corrected chi connectivity index (χ3v) is 11.3. The Kier molecular flexibility index (Phi) is 7.41. The molecule has 44 heavy (non-hydrogen) atoms. The standard InChI is InChI=1S/C32H40N4O7S/c1-5-22-18-32(22,28(38)35-44(40,41)31(13-14-31)17-20-10-11-20)34-26(37)25-16-23(19-36(25)29(39)43-30(2,3)4)42-27-24-9-7-6-8-21(24)12-15-33-27/h5-9,12,15,20,22-23,25H,1,10-11,13-14,16-19H2,2-4H3,(H,34,37)(H,35,38)/t22-,23-,25+,32-/m1/s1. The number of fused-ring (bicyclic) bond motifs is 1. The van der Waals surface area contributed by atoms with Gasteiger partial charge in [-0.1, -0.05) is 37.1 Å². The molecule has 1 aromatic carbocycles. The molecular formula is C32H40N4O7S. The molecule has 4 aliphatic rings. The predicted molar refractivity (Wildman–Crippen MR) is 163 cm³/mol. The van der Waals surface area contributed by atoms with Crippen molar-refractivity contribution in [2.45, 2.75) is 93.7 Å². The first-order valence-corrected chi connectivity index (χ1v) is 16.8. The van der Waals surface area contributed by atoms with Crippen LogP contribution in [0.25, 0.3) is 10.8 Å². The number of aromatic nitrogens is 1. The molecule has 3 amide bonds. The first kappa shape index (κ1) is 30.4. The molecule has 236 valence electrons. The zero-order chi connectivity index (χ0) is 31.5. The van der Waals surface area contributed by atoms with Crippen LogP contribution in [0.5, 0.6) is 5.88 Å². The zero-order valence-electron chi connectivity index (χ0n) is 25.4. The van der Waals surface area contributed by atoms with Crippen molar-refractivity contribution in [3.05, 3.63) is 49.2 Å². The average molecular weight is 625 g/mol. The fourth-order valence-corrected chi connectivity index (χ4v) is 7.96. The van der Waals surface area contributed by atoms with E-state index in [1.54, 1.807) is 33.0 Å². The van der Waals surface area contributed by atoms with E-state index in [2.05, 4.69) is 21.6 Å². The lowest BCUT2D eigenvalue weighted by Crippen LogP contribution is -2.57. The average Bonchev–Trinajstić information content (AvgIpc) is 3.89. The number of pyridine rings is 1. The van der Waals surface area contributed by atoms with Crippen LogP contribution in [0, 0.1) is 11.8 Å². The van der Waals surface area contributed by atoms with Crippen LogP contribution in [-0.2, 0) is 24.3 Å². The number of carbonyl (C=O) groups is 3. The Morgan fingerprint density at radius 1 is 1.16 bits per heavy atom. The lowest BCUT2D eigenvalue weighted by atomic mass is 10.1. The maximum Gasteiger partial charge on any atom is 0.411 e. The molecule has 0 unspecified atom stereocenters. The number of ether oxygens (including phenoxy) is 2. The summed E-state index contributed by atoms with van der Waals surface area (Å²) >= 11 is 0. The van der Waals surface area contributed by atoms with Crippen molar-refractivity contribution in [1.82, 2.24) is 19.9 Å². The van der Waals surface area contributed by atoms with Crippen LogP contribution >= 0.6 is 0 Å². The SMILES string of the molecule is C=C[C@@H]1C[C@]1(NC(=O)[C@@H]1C[C@@H](Oc2nccc3ccccc23)CN1C(=O)OC(C)(C)C)C(=O)NS(=O)(=O)C1(CC2CC2)CC1. The van der Waals surface area contributed by atoms with Gasteiger partial charge in [0.15, 0.2) is 0 Å². The van der Waals surface area contributed by atoms with Crippen molar-refractivity contribution in [1.29, 1.82) is 0 Å². The van der Waals surface area contributed by atoms with Gasteiger partial charge in [-0.25, -0.2) is 18.2 Å². The molecule has 1 saturated heterocycles. The van der Waals surface area contributed by atoms with Gasteiger partial charge in [0.25, 0.3) is 5.91 Å². The van der Waals surface area contributed by atoms with Crippen LogP contribution in [0.4, 0.5) is 4.79 Å². The number of likely N-dealkylation sites (tertiary alicyclic amines) is 1. The second-order valence-electron chi connectivity index (χ2n) is 13.7. The number of amides is 3. The van der Waals surface area contributed by atoms with Crippen molar-refractivity contribution in [2.75, 3.05) is 6.54 Å². The van der Waals surface area contributed by atoms with Crippen molar-refractivity contribution < 1.29 is 32.3 Å². The van der Waals surface area contributed by atoms with E-state index in [0.717, 1.165) is 23.6 Å². The lowest BCUT2D eigenvalue weighted by Gasteiger charge is -2.29. The summed E-state index contributed by atoms with van der Waals surface area (Å²) in [5.41, 5.74) is -2.29. The van der Waals surface area contributed by atoms with E-state index in [1.807, 2.05) is 30.3 Å². The molecular weight excluding hydrogens is 584 g/mol. The summed E-state index contributed by atoms with van der Waals surface area (Å²) in [6.45, 7) is 9.05. The third-order valence-electron chi connectivity index (χ3n) is 9.12. The highest BCUT2D eigenvalue weighted by Crippen LogP contribution is 2.53. The Balaban J connectivity index is 1.21. The normalized spacial score (nSPS) is 27.3. The molecule has 3 aliphatic carbocycles. The van der Waals surface area contributed by atoms with Gasteiger partial charge in [0.05, 0.1) is 11.3 Å². The summed E-state index contributed by atoms with van der Waals surface area (Å²) < 4.78 is 39.9. The first-order chi connectivity index (χ1) is 20.8. The maximum absolute atomic E-state index is 13.9. The van der Waals surface area contributed by atoms with Gasteiger partial charge in [0.1, 0.15) is 23.3 Å². The van der Waals surface area contributed by atoms with Gasteiger partial charge >= 0.3 is 6.09 Å². The van der Waals surface area contributed by atoms with Crippen LogP contribution in [-0.4, -0.2) is 70.8 Å². The zero-order valence-corrected chi connectivity index (χ0v) is 26.2. The van der Waals surface area contributed by atoms with E-state index in [-0.39, 0.29) is 19.4 Å². The van der Waals surface area contributed by atoms with E-state index >= 15 is 0 Å². The fourth-order valence-electron chi connectivity index (χ4n) is 6.23. The monoisotopic (exact) mass is 624 g/mol. The van der Waals surface area contributed by atoms with Gasteiger partial charge in [-0.2, -0.15) is 0 Å². The highest BCUT2D eigenvalue weighted by molar-refractivity contribution is 7.91. The molecule has 11 nitrogen and oxygen atoms in total. The van der Waals surface area contributed by atoms with Crippen LogP contribution in [0.3, 0.4) is 0 Å². The smallest absolute Gasteiger partial charge is 0.411 e. The van der Waals surface area contributed by atoms with Crippen LogP contribution in [0.1, 0.15) is 65.7 Å².